The number of ether oxygens (including phenoxy) is 2. The molecule has 1 aliphatic rings. The number of rotatable bonds is 7. The molecule has 1 N–H and O–H groups in total. The van der Waals surface area contributed by atoms with Crippen molar-refractivity contribution >= 4 is 15.9 Å². The maximum absolute atomic E-state index is 6.00. The van der Waals surface area contributed by atoms with E-state index in [0.29, 0.717) is 12.6 Å². The van der Waals surface area contributed by atoms with Gasteiger partial charge in [0.15, 0.2) is 11.5 Å². The summed E-state index contributed by atoms with van der Waals surface area (Å²) in [7, 11) is 1.70. The predicted octanol–water partition coefficient (Wildman–Crippen LogP) is 6.24. The molecule has 0 amide bonds. The normalized spacial score (nSPS) is 15.8. The Bertz CT molecular complexity index is 697. The van der Waals surface area contributed by atoms with Crippen LogP contribution in [0.4, 0.5) is 0 Å². The Morgan fingerprint density at radius 2 is 1.67 bits per heavy atom. The van der Waals surface area contributed by atoms with Gasteiger partial charge in [0.25, 0.3) is 0 Å². The highest BCUT2D eigenvalue weighted by Crippen LogP contribution is 2.34. The molecule has 1 fully saturated rings. The molecule has 146 valence electrons. The minimum absolute atomic E-state index is 0.531. The number of benzene rings is 2. The van der Waals surface area contributed by atoms with Crippen molar-refractivity contribution in [2.24, 2.45) is 0 Å². The van der Waals surface area contributed by atoms with Crippen LogP contribution in [0.2, 0.25) is 0 Å². The molecule has 0 unspecified atom stereocenters. The zero-order valence-corrected chi connectivity index (χ0v) is 17.8. The van der Waals surface area contributed by atoms with Crippen LogP contribution in [0.3, 0.4) is 0 Å². The lowest BCUT2D eigenvalue weighted by molar-refractivity contribution is 0.284. The molecule has 4 heteroatoms. The van der Waals surface area contributed by atoms with Crippen LogP contribution in [0.5, 0.6) is 11.5 Å². The molecule has 0 aromatic heterocycles. The zero-order valence-electron chi connectivity index (χ0n) is 16.2. The second kappa shape index (κ2) is 10.7. The average Bonchev–Trinajstić information content (AvgIpc) is 2.67. The molecule has 0 atom stereocenters. The molecular formula is C23H30BrNO2. The standard InChI is InChI=1S/C23H30BrNO2/c1-26-22-14-19(16-25-20-12-8-3-2-4-9-13-20)21(24)15-23(22)27-17-18-10-6-5-7-11-18/h5-7,10-11,14-15,20,25H,2-4,8-9,12-13,16-17H2,1H3. The van der Waals surface area contributed by atoms with Gasteiger partial charge < -0.3 is 14.8 Å². The molecule has 0 saturated heterocycles. The van der Waals surface area contributed by atoms with Gasteiger partial charge in [0.1, 0.15) is 6.61 Å². The number of halogens is 1. The summed E-state index contributed by atoms with van der Waals surface area (Å²) >= 11 is 3.71. The van der Waals surface area contributed by atoms with E-state index in [1.165, 1.54) is 50.5 Å². The summed E-state index contributed by atoms with van der Waals surface area (Å²) in [6.07, 6.45) is 9.41. The van der Waals surface area contributed by atoms with Crippen LogP contribution in [0.1, 0.15) is 56.1 Å². The predicted molar refractivity (Wildman–Crippen MR) is 114 cm³/mol. The van der Waals surface area contributed by atoms with Gasteiger partial charge in [-0.3, -0.25) is 0 Å². The Balaban J connectivity index is 1.62. The van der Waals surface area contributed by atoms with Crippen LogP contribution in [-0.2, 0) is 13.2 Å². The van der Waals surface area contributed by atoms with Crippen molar-refractivity contribution in [3.63, 3.8) is 0 Å². The first kappa shape index (κ1) is 20.2. The molecule has 0 bridgehead atoms. The minimum Gasteiger partial charge on any atom is -0.493 e. The highest BCUT2D eigenvalue weighted by atomic mass is 79.9. The third-order valence-corrected chi connectivity index (χ3v) is 5.99. The largest absolute Gasteiger partial charge is 0.493 e. The van der Waals surface area contributed by atoms with Crippen LogP contribution in [0, 0.1) is 0 Å². The Kier molecular flexibility index (Phi) is 8.03. The molecule has 1 aliphatic carbocycles. The maximum Gasteiger partial charge on any atom is 0.162 e. The van der Waals surface area contributed by atoms with Crippen molar-refractivity contribution in [3.8, 4) is 11.5 Å². The molecule has 0 aliphatic heterocycles. The lowest BCUT2D eigenvalue weighted by Crippen LogP contribution is -2.29. The highest BCUT2D eigenvalue weighted by Gasteiger charge is 2.14. The molecular weight excluding hydrogens is 402 g/mol. The average molecular weight is 432 g/mol. The van der Waals surface area contributed by atoms with E-state index in [-0.39, 0.29) is 0 Å². The van der Waals surface area contributed by atoms with Gasteiger partial charge in [-0.15, -0.1) is 0 Å². The van der Waals surface area contributed by atoms with Gasteiger partial charge in [0.05, 0.1) is 7.11 Å². The van der Waals surface area contributed by atoms with Crippen molar-refractivity contribution in [2.75, 3.05) is 7.11 Å². The van der Waals surface area contributed by atoms with Gasteiger partial charge in [-0.1, -0.05) is 78.4 Å². The zero-order chi connectivity index (χ0) is 18.9. The van der Waals surface area contributed by atoms with Gasteiger partial charge in [-0.05, 0) is 36.1 Å². The maximum atomic E-state index is 6.00. The summed E-state index contributed by atoms with van der Waals surface area (Å²) in [5.74, 6) is 1.55. The van der Waals surface area contributed by atoms with Gasteiger partial charge in [-0.2, -0.15) is 0 Å². The molecule has 0 spiro atoms. The summed E-state index contributed by atoms with van der Waals surface area (Å²) in [6, 6.07) is 14.9. The minimum atomic E-state index is 0.531. The van der Waals surface area contributed by atoms with Crippen LogP contribution < -0.4 is 14.8 Å². The van der Waals surface area contributed by atoms with Gasteiger partial charge in [0.2, 0.25) is 0 Å². The van der Waals surface area contributed by atoms with Gasteiger partial charge in [-0.25, -0.2) is 0 Å². The van der Waals surface area contributed by atoms with Crippen LogP contribution in [0.25, 0.3) is 0 Å². The van der Waals surface area contributed by atoms with Gasteiger partial charge in [0, 0.05) is 17.1 Å². The lowest BCUT2D eigenvalue weighted by atomic mass is 9.96. The highest BCUT2D eigenvalue weighted by molar-refractivity contribution is 9.10. The van der Waals surface area contributed by atoms with Crippen LogP contribution in [-0.4, -0.2) is 13.2 Å². The van der Waals surface area contributed by atoms with Gasteiger partial charge >= 0.3 is 0 Å². The second-order valence-corrected chi connectivity index (χ2v) is 8.15. The molecule has 27 heavy (non-hydrogen) atoms. The van der Waals surface area contributed by atoms with Crippen molar-refractivity contribution in [2.45, 2.75) is 64.1 Å². The first-order valence-corrected chi connectivity index (χ1v) is 10.8. The molecule has 2 aromatic carbocycles. The van der Waals surface area contributed by atoms with E-state index in [9.17, 15) is 0 Å². The summed E-state index contributed by atoms with van der Waals surface area (Å²) in [6.45, 7) is 1.38. The first-order valence-electron chi connectivity index (χ1n) is 10.0. The number of nitrogens with one attached hydrogen (secondary N) is 1. The quantitative estimate of drug-likeness (QED) is 0.562. The Hall–Kier alpha value is -1.52. The molecule has 1 saturated carbocycles. The summed E-state index contributed by atoms with van der Waals surface area (Å²) < 4.78 is 12.6. The summed E-state index contributed by atoms with van der Waals surface area (Å²) in [5, 5.41) is 3.75. The van der Waals surface area contributed by atoms with Crippen molar-refractivity contribution in [1.29, 1.82) is 0 Å². The number of hydrogen-bond acceptors (Lipinski definition) is 3. The Morgan fingerprint density at radius 3 is 2.37 bits per heavy atom. The molecule has 0 heterocycles. The van der Waals surface area contributed by atoms with Crippen LogP contribution >= 0.6 is 15.9 Å². The molecule has 2 aromatic rings. The summed E-state index contributed by atoms with van der Waals surface area (Å²) in [5.41, 5.74) is 2.35. The Labute approximate surface area is 171 Å². The molecule has 3 rings (SSSR count). The van der Waals surface area contributed by atoms with E-state index in [2.05, 4.69) is 39.4 Å². The lowest BCUT2D eigenvalue weighted by Gasteiger charge is -2.22. The van der Waals surface area contributed by atoms with E-state index in [1.54, 1.807) is 7.11 Å². The smallest absolute Gasteiger partial charge is 0.162 e. The monoisotopic (exact) mass is 431 g/mol. The van der Waals surface area contributed by atoms with E-state index in [4.69, 9.17) is 9.47 Å². The van der Waals surface area contributed by atoms with Crippen molar-refractivity contribution in [3.05, 3.63) is 58.1 Å². The van der Waals surface area contributed by atoms with E-state index >= 15 is 0 Å². The van der Waals surface area contributed by atoms with Crippen LogP contribution in [0.15, 0.2) is 46.9 Å². The number of hydrogen-bond donors (Lipinski definition) is 1. The van der Waals surface area contributed by atoms with Crippen molar-refractivity contribution < 1.29 is 9.47 Å². The van der Waals surface area contributed by atoms with E-state index in [1.807, 2.05) is 24.3 Å². The Morgan fingerprint density at radius 1 is 0.963 bits per heavy atom. The molecule has 0 radical (unpaired) electrons. The van der Waals surface area contributed by atoms with E-state index < -0.39 is 0 Å². The SMILES string of the molecule is COc1cc(CNC2CCCCCCC2)c(Br)cc1OCc1ccccc1. The number of methoxy groups -OCH3 is 1. The third kappa shape index (κ3) is 6.25. The topological polar surface area (TPSA) is 30.5 Å². The van der Waals surface area contributed by atoms with E-state index in [0.717, 1.165) is 28.1 Å². The first-order chi connectivity index (χ1) is 13.3. The second-order valence-electron chi connectivity index (χ2n) is 7.29. The fourth-order valence-electron chi connectivity index (χ4n) is 3.63. The summed E-state index contributed by atoms with van der Waals surface area (Å²) in [4.78, 5) is 0. The molecule has 3 nitrogen and oxygen atoms in total. The fraction of sp³-hybridized carbons (Fsp3) is 0.478. The fourth-order valence-corrected chi connectivity index (χ4v) is 4.10. The third-order valence-electron chi connectivity index (χ3n) is 5.26. The van der Waals surface area contributed by atoms with Crippen molar-refractivity contribution in [1.82, 2.24) is 5.32 Å².